The third-order valence-electron chi connectivity index (χ3n) is 8.21. The van der Waals surface area contributed by atoms with Crippen LogP contribution in [0.4, 0.5) is 0 Å². The summed E-state index contributed by atoms with van der Waals surface area (Å²) in [5.74, 6) is 0. The number of pyridine rings is 1. The summed E-state index contributed by atoms with van der Waals surface area (Å²) in [6.45, 7) is 0. The van der Waals surface area contributed by atoms with Crippen LogP contribution in [0.1, 0.15) is 0 Å². The highest BCUT2D eigenvalue weighted by Crippen LogP contribution is 2.46. The number of fused-ring (bicyclic) bond motifs is 7. The molecule has 0 N–H and O–H groups in total. The maximum Gasteiger partial charge on any atom is 0.214 e. The van der Waals surface area contributed by atoms with E-state index in [1.165, 1.54) is 15.0 Å². The summed E-state index contributed by atoms with van der Waals surface area (Å²) in [5, 5.41) is 3.47. The van der Waals surface area contributed by atoms with Crippen molar-refractivity contribution in [2.75, 3.05) is 0 Å². The average molecular weight is 569 g/mol. The van der Waals surface area contributed by atoms with Crippen LogP contribution < -0.4 is 0 Å². The smallest absolute Gasteiger partial charge is 0.214 e. The van der Waals surface area contributed by atoms with Crippen molar-refractivity contribution in [3.05, 3.63) is 146 Å². The Morgan fingerprint density at radius 3 is 1.95 bits per heavy atom. The Kier molecular flexibility index (Phi) is 5.37. The van der Waals surface area contributed by atoms with Gasteiger partial charge in [-0.25, -0.2) is 4.98 Å². The van der Waals surface area contributed by atoms with E-state index in [1.807, 2.05) is 6.07 Å². The molecule has 4 aromatic heterocycles. The molecule has 0 aliphatic carbocycles. The highest BCUT2D eigenvalue weighted by atomic mass is 32.1. The highest BCUT2D eigenvalue weighted by molar-refractivity contribution is 7.26. The van der Waals surface area contributed by atoms with Crippen LogP contribution in [0.3, 0.4) is 0 Å². The van der Waals surface area contributed by atoms with Gasteiger partial charge in [-0.05, 0) is 59.7 Å². The second kappa shape index (κ2) is 9.55. The van der Waals surface area contributed by atoms with Gasteiger partial charge >= 0.3 is 0 Å². The fourth-order valence-corrected chi connectivity index (χ4v) is 7.37. The SMILES string of the molecule is c1ccc(-c2cc(-c3ccccc3)nc(-c3ccc4c(c3)c3c5sc6ccccc6c5oc3n4-c3ccccc3)c2)cc1. The van der Waals surface area contributed by atoms with Crippen molar-refractivity contribution < 1.29 is 4.42 Å². The number of thiophene rings is 1. The molecule has 0 atom stereocenters. The molecule has 0 saturated heterocycles. The Balaban J connectivity index is 1.34. The molecule has 43 heavy (non-hydrogen) atoms. The summed E-state index contributed by atoms with van der Waals surface area (Å²) >= 11 is 1.80. The minimum atomic E-state index is 0.876. The zero-order valence-electron chi connectivity index (χ0n) is 23.1. The number of aromatic nitrogens is 2. The molecule has 9 rings (SSSR count). The third-order valence-corrected chi connectivity index (χ3v) is 9.38. The lowest BCUT2D eigenvalue weighted by molar-refractivity contribution is 0.649. The van der Waals surface area contributed by atoms with Crippen LogP contribution in [0.15, 0.2) is 150 Å². The average Bonchev–Trinajstić information content (AvgIpc) is 3.72. The Labute approximate surface area is 251 Å². The lowest BCUT2D eigenvalue weighted by Gasteiger charge is -2.11. The summed E-state index contributed by atoms with van der Waals surface area (Å²) in [5.41, 5.74) is 10.4. The number of nitrogens with zero attached hydrogens (tertiary/aromatic N) is 2. The molecule has 0 unspecified atom stereocenters. The van der Waals surface area contributed by atoms with Crippen LogP contribution in [-0.4, -0.2) is 9.55 Å². The van der Waals surface area contributed by atoms with Crippen LogP contribution in [0, 0.1) is 0 Å². The largest absolute Gasteiger partial charge is 0.438 e. The van der Waals surface area contributed by atoms with Gasteiger partial charge in [0.15, 0.2) is 5.58 Å². The number of furan rings is 1. The molecule has 0 saturated carbocycles. The lowest BCUT2D eigenvalue weighted by atomic mass is 9.99. The summed E-state index contributed by atoms with van der Waals surface area (Å²) in [7, 11) is 0. The van der Waals surface area contributed by atoms with Gasteiger partial charge in [-0.15, -0.1) is 11.3 Å². The molecule has 5 aromatic carbocycles. The summed E-state index contributed by atoms with van der Waals surface area (Å²) in [6.07, 6.45) is 0. The van der Waals surface area contributed by atoms with Gasteiger partial charge in [0.05, 0.1) is 27.0 Å². The fourth-order valence-electron chi connectivity index (χ4n) is 6.19. The van der Waals surface area contributed by atoms with E-state index in [0.29, 0.717) is 0 Å². The van der Waals surface area contributed by atoms with Crippen LogP contribution in [-0.2, 0) is 0 Å². The predicted molar refractivity (Wildman–Crippen MR) is 180 cm³/mol. The van der Waals surface area contributed by atoms with Crippen LogP contribution >= 0.6 is 11.3 Å². The Morgan fingerprint density at radius 1 is 0.535 bits per heavy atom. The molecular weight excluding hydrogens is 545 g/mol. The molecule has 4 heteroatoms. The monoisotopic (exact) mass is 568 g/mol. The Hall–Kier alpha value is -5.45. The molecule has 202 valence electrons. The van der Waals surface area contributed by atoms with E-state index in [9.17, 15) is 0 Å². The molecule has 0 spiro atoms. The lowest BCUT2D eigenvalue weighted by Crippen LogP contribution is -1.93. The van der Waals surface area contributed by atoms with Crippen molar-refractivity contribution in [3.63, 3.8) is 0 Å². The van der Waals surface area contributed by atoms with Crippen molar-refractivity contribution in [1.82, 2.24) is 9.55 Å². The highest BCUT2D eigenvalue weighted by Gasteiger charge is 2.23. The third kappa shape index (κ3) is 3.84. The Bertz CT molecular complexity index is 2380. The summed E-state index contributed by atoms with van der Waals surface area (Å²) in [4.78, 5) is 5.21. The van der Waals surface area contributed by atoms with E-state index >= 15 is 0 Å². The van der Waals surface area contributed by atoms with Crippen molar-refractivity contribution in [1.29, 1.82) is 0 Å². The number of para-hydroxylation sites is 1. The van der Waals surface area contributed by atoms with Gasteiger partial charge in [0.1, 0.15) is 0 Å². The standard InChI is InChI=1S/C39H24N2OS/c1-4-12-25(13-5-1)28-23-32(26-14-6-2-7-15-26)40-33(24-28)27-20-21-34-31(22-27)36-38-37(30-18-10-11-19-35(30)43-38)42-39(36)41(34)29-16-8-3-9-17-29/h1-24H. The van der Waals surface area contributed by atoms with E-state index in [0.717, 1.165) is 66.7 Å². The summed E-state index contributed by atoms with van der Waals surface area (Å²) in [6, 6.07) is 51.0. The molecule has 0 aliphatic heterocycles. The fraction of sp³-hybridized carbons (Fsp3) is 0. The molecule has 3 nitrogen and oxygen atoms in total. The minimum absolute atomic E-state index is 0.876. The van der Waals surface area contributed by atoms with Gasteiger partial charge in [0, 0.05) is 32.3 Å². The number of benzene rings is 5. The predicted octanol–water partition coefficient (Wildman–Crippen LogP) is 11.1. The quantitative estimate of drug-likeness (QED) is 0.211. The molecule has 0 aliphatic rings. The first-order valence-corrected chi connectivity index (χ1v) is 15.2. The van der Waals surface area contributed by atoms with E-state index in [2.05, 4.69) is 144 Å². The van der Waals surface area contributed by atoms with E-state index in [4.69, 9.17) is 9.40 Å². The first-order chi connectivity index (χ1) is 21.3. The number of hydrogen-bond acceptors (Lipinski definition) is 3. The van der Waals surface area contributed by atoms with Gasteiger partial charge in [-0.1, -0.05) is 97.1 Å². The zero-order chi connectivity index (χ0) is 28.3. The van der Waals surface area contributed by atoms with Gasteiger partial charge < -0.3 is 4.42 Å². The minimum Gasteiger partial charge on any atom is -0.438 e. The van der Waals surface area contributed by atoms with Gasteiger partial charge in [0.2, 0.25) is 5.71 Å². The molecule has 0 fully saturated rings. The Morgan fingerprint density at radius 2 is 1.19 bits per heavy atom. The number of hydrogen-bond donors (Lipinski definition) is 0. The van der Waals surface area contributed by atoms with Gasteiger partial charge in [-0.2, -0.15) is 0 Å². The molecule has 9 aromatic rings. The maximum absolute atomic E-state index is 6.73. The molecule has 0 radical (unpaired) electrons. The van der Waals surface area contributed by atoms with Crippen molar-refractivity contribution >= 4 is 53.7 Å². The maximum atomic E-state index is 6.73. The van der Waals surface area contributed by atoms with Crippen molar-refractivity contribution in [3.8, 4) is 39.3 Å². The van der Waals surface area contributed by atoms with Gasteiger partial charge in [-0.3, -0.25) is 4.57 Å². The van der Waals surface area contributed by atoms with Gasteiger partial charge in [0.25, 0.3) is 0 Å². The molecular formula is C39H24N2OS. The summed E-state index contributed by atoms with van der Waals surface area (Å²) < 4.78 is 11.4. The van der Waals surface area contributed by atoms with E-state index in [-0.39, 0.29) is 0 Å². The van der Waals surface area contributed by atoms with Crippen molar-refractivity contribution in [2.45, 2.75) is 0 Å². The molecule has 0 bridgehead atoms. The first kappa shape index (κ1) is 24.2. The topological polar surface area (TPSA) is 31.0 Å². The van der Waals surface area contributed by atoms with E-state index in [1.54, 1.807) is 11.3 Å². The van der Waals surface area contributed by atoms with Crippen LogP contribution in [0.25, 0.3) is 81.7 Å². The molecule has 0 amide bonds. The number of rotatable bonds is 4. The van der Waals surface area contributed by atoms with Crippen LogP contribution in [0.5, 0.6) is 0 Å². The van der Waals surface area contributed by atoms with Crippen LogP contribution in [0.2, 0.25) is 0 Å². The second-order valence-corrected chi connectivity index (χ2v) is 11.9. The second-order valence-electron chi connectivity index (χ2n) is 10.8. The normalized spacial score (nSPS) is 11.7. The zero-order valence-corrected chi connectivity index (χ0v) is 23.9. The molecule has 4 heterocycles. The first-order valence-electron chi connectivity index (χ1n) is 14.4. The van der Waals surface area contributed by atoms with E-state index < -0.39 is 0 Å². The van der Waals surface area contributed by atoms with Crippen molar-refractivity contribution in [2.24, 2.45) is 0 Å².